The van der Waals surface area contributed by atoms with Crippen LogP contribution < -0.4 is 15.2 Å². The quantitative estimate of drug-likeness (QED) is 0.707. The summed E-state index contributed by atoms with van der Waals surface area (Å²) >= 11 is 0. The van der Waals surface area contributed by atoms with Crippen LogP contribution in [0.25, 0.3) is 10.9 Å². The lowest BCUT2D eigenvalue weighted by Gasteiger charge is -2.33. The van der Waals surface area contributed by atoms with E-state index in [1.807, 2.05) is 37.3 Å². The van der Waals surface area contributed by atoms with Gasteiger partial charge in [-0.1, -0.05) is 12.1 Å². The molecule has 0 atom stereocenters. The van der Waals surface area contributed by atoms with Gasteiger partial charge in [0.1, 0.15) is 6.33 Å². The molecule has 3 aromatic rings. The second-order valence-electron chi connectivity index (χ2n) is 7.03. The molecular weight excluding hydrogens is 342 g/mol. The van der Waals surface area contributed by atoms with Gasteiger partial charge in [-0.25, -0.2) is 15.0 Å². The molecule has 0 bridgehead atoms. The zero-order valence-corrected chi connectivity index (χ0v) is 15.6. The van der Waals surface area contributed by atoms with Crippen LogP contribution in [0.4, 0.5) is 5.95 Å². The number of anilines is 1. The smallest absolute Gasteiger partial charge is 0.262 e. The van der Waals surface area contributed by atoms with Gasteiger partial charge >= 0.3 is 0 Å². The second kappa shape index (κ2) is 7.34. The molecule has 1 saturated heterocycles. The largest absolute Gasteiger partial charge is 0.477 e. The molecule has 1 aliphatic rings. The summed E-state index contributed by atoms with van der Waals surface area (Å²) in [6.45, 7) is 4.28. The summed E-state index contributed by atoms with van der Waals surface area (Å²) in [5.41, 5.74) is 1.65. The van der Waals surface area contributed by atoms with Crippen LogP contribution in [0.1, 0.15) is 18.5 Å². The van der Waals surface area contributed by atoms with Gasteiger partial charge in [0, 0.05) is 31.9 Å². The summed E-state index contributed by atoms with van der Waals surface area (Å²) < 4.78 is 7.48. The Hall–Kier alpha value is -2.96. The highest BCUT2D eigenvalue weighted by atomic mass is 16.5. The summed E-state index contributed by atoms with van der Waals surface area (Å²) in [5.74, 6) is 1.84. The number of nitrogens with zero attached hydrogens (tertiary/aromatic N) is 5. The number of fused-ring (bicyclic) bond motifs is 1. The maximum absolute atomic E-state index is 12.6. The molecule has 0 saturated carbocycles. The summed E-state index contributed by atoms with van der Waals surface area (Å²) in [4.78, 5) is 27.8. The first kappa shape index (κ1) is 17.5. The van der Waals surface area contributed by atoms with Gasteiger partial charge in [-0.2, -0.15) is 0 Å². The van der Waals surface area contributed by atoms with E-state index in [2.05, 4.69) is 14.9 Å². The highest BCUT2D eigenvalue weighted by Gasteiger charge is 2.23. The zero-order valence-electron chi connectivity index (χ0n) is 15.6. The molecule has 0 aliphatic carbocycles. The van der Waals surface area contributed by atoms with Crippen molar-refractivity contribution in [3.63, 3.8) is 0 Å². The Morgan fingerprint density at radius 3 is 2.74 bits per heavy atom. The molecule has 0 radical (unpaired) electrons. The SMILES string of the molecule is Cc1cc(OCC2CCN(c3nc4ccccc4c(=O)n3C)CC2)ncn1. The van der Waals surface area contributed by atoms with E-state index in [4.69, 9.17) is 9.72 Å². The average molecular weight is 365 g/mol. The van der Waals surface area contributed by atoms with Gasteiger partial charge in [0.2, 0.25) is 11.8 Å². The molecular formula is C20H23N5O2. The summed E-state index contributed by atoms with van der Waals surface area (Å²) in [7, 11) is 1.80. The predicted molar refractivity (Wildman–Crippen MR) is 104 cm³/mol. The Balaban J connectivity index is 1.43. The Kier molecular flexibility index (Phi) is 4.75. The molecule has 2 aromatic heterocycles. The van der Waals surface area contributed by atoms with E-state index in [-0.39, 0.29) is 5.56 Å². The molecule has 0 spiro atoms. The first-order valence-corrected chi connectivity index (χ1v) is 9.24. The zero-order chi connectivity index (χ0) is 18.8. The van der Waals surface area contributed by atoms with Crippen molar-refractivity contribution in [1.82, 2.24) is 19.5 Å². The van der Waals surface area contributed by atoms with Gasteiger partial charge in [-0.3, -0.25) is 9.36 Å². The van der Waals surface area contributed by atoms with E-state index in [9.17, 15) is 4.79 Å². The molecule has 3 heterocycles. The van der Waals surface area contributed by atoms with Crippen LogP contribution in [0.3, 0.4) is 0 Å². The molecule has 140 valence electrons. The maximum Gasteiger partial charge on any atom is 0.262 e. The molecule has 7 nitrogen and oxygen atoms in total. The highest BCUT2D eigenvalue weighted by molar-refractivity contribution is 5.78. The van der Waals surface area contributed by atoms with Crippen molar-refractivity contribution in [1.29, 1.82) is 0 Å². The third kappa shape index (κ3) is 3.63. The minimum atomic E-state index is 0.000174. The van der Waals surface area contributed by atoms with Crippen molar-refractivity contribution < 1.29 is 4.74 Å². The fraction of sp³-hybridized carbons (Fsp3) is 0.400. The molecule has 1 aromatic carbocycles. The molecule has 7 heteroatoms. The van der Waals surface area contributed by atoms with Crippen LogP contribution in [0, 0.1) is 12.8 Å². The lowest BCUT2D eigenvalue weighted by Crippen LogP contribution is -2.39. The summed E-state index contributed by atoms with van der Waals surface area (Å²) in [6, 6.07) is 9.36. The van der Waals surface area contributed by atoms with E-state index in [1.165, 1.54) is 6.33 Å². The van der Waals surface area contributed by atoms with Gasteiger partial charge in [-0.15, -0.1) is 0 Å². The van der Waals surface area contributed by atoms with Gasteiger partial charge in [0.25, 0.3) is 5.56 Å². The fourth-order valence-corrected chi connectivity index (χ4v) is 3.50. The lowest BCUT2D eigenvalue weighted by atomic mass is 9.98. The van der Waals surface area contributed by atoms with Crippen molar-refractivity contribution in [2.45, 2.75) is 19.8 Å². The van der Waals surface area contributed by atoms with E-state index in [0.29, 0.717) is 23.8 Å². The van der Waals surface area contributed by atoms with Crippen LogP contribution in [-0.2, 0) is 7.05 Å². The average Bonchev–Trinajstić information content (AvgIpc) is 2.70. The van der Waals surface area contributed by atoms with Crippen molar-refractivity contribution in [2.24, 2.45) is 13.0 Å². The third-order valence-electron chi connectivity index (χ3n) is 5.10. The Labute approximate surface area is 157 Å². The van der Waals surface area contributed by atoms with Gasteiger partial charge in [0.15, 0.2) is 0 Å². The standard InChI is InChI=1S/C20H23N5O2/c1-14-11-18(22-13-21-14)27-12-15-7-9-25(10-8-15)20-23-17-6-4-3-5-16(17)19(26)24(20)2/h3-6,11,13,15H,7-10,12H2,1-2H3. The Morgan fingerprint density at radius 1 is 1.19 bits per heavy atom. The Bertz CT molecular complexity index is 1010. The minimum Gasteiger partial charge on any atom is -0.477 e. The van der Waals surface area contributed by atoms with E-state index < -0.39 is 0 Å². The van der Waals surface area contributed by atoms with E-state index in [0.717, 1.165) is 43.1 Å². The molecule has 1 fully saturated rings. The van der Waals surface area contributed by atoms with Crippen molar-refractivity contribution in [3.05, 3.63) is 52.7 Å². The molecule has 0 amide bonds. The fourth-order valence-electron chi connectivity index (χ4n) is 3.50. The minimum absolute atomic E-state index is 0.000174. The first-order valence-electron chi connectivity index (χ1n) is 9.24. The van der Waals surface area contributed by atoms with Crippen LogP contribution in [-0.4, -0.2) is 39.2 Å². The van der Waals surface area contributed by atoms with Crippen LogP contribution in [0.15, 0.2) is 41.5 Å². The van der Waals surface area contributed by atoms with Gasteiger partial charge in [0.05, 0.1) is 17.5 Å². The third-order valence-corrected chi connectivity index (χ3v) is 5.10. The van der Waals surface area contributed by atoms with Crippen molar-refractivity contribution >= 4 is 16.9 Å². The predicted octanol–water partition coefficient (Wildman–Crippen LogP) is 2.33. The number of rotatable bonds is 4. The molecule has 4 rings (SSSR count). The first-order chi connectivity index (χ1) is 13.1. The topological polar surface area (TPSA) is 73.1 Å². The van der Waals surface area contributed by atoms with Crippen LogP contribution in [0.2, 0.25) is 0 Å². The number of aromatic nitrogens is 4. The van der Waals surface area contributed by atoms with Crippen LogP contribution in [0.5, 0.6) is 5.88 Å². The van der Waals surface area contributed by atoms with E-state index in [1.54, 1.807) is 11.6 Å². The molecule has 1 aliphatic heterocycles. The molecule has 0 N–H and O–H groups in total. The lowest BCUT2D eigenvalue weighted by molar-refractivity contribution is 0.215. The Morgan fingerprint density at radius 2 is 1.96 bits per heavy atom. The van der Waals surface area contributed by atoms with Gasteiger partial charge in [-0.05, 0) is 37.8 Å². The van der Waals surface area contributed by atoms with Crippen LogP contribution >= 0.6 is 0 Å². The molecule has 0 unspecified atom stereocenters. The monoisotopic (exact) mass is 365 g/mol. The van der Waals surface area contributed by atoms with E-state index >= 15 is 0 Å². The highest BCUT2D eigenvalue weighted by Crippen LogP contribution is 2.23. The summed E-state index contributed by atoms with van der Waals surface area (Å²) in [6.07, 6.45) is 3.51. The number of hydrogen-bond donors (Lipinski definition) is 0. The number of para-hydroxylation sites is 1. The van der Waals surface area contributed by atoms with Crippen molar-refractivity contribution in [3.8, 4) is 5.88 Å². The number of ether oxygens (including phenoxy) is 1. The number of piperidine rings is 1. The van der Waals surface area contributed by atoms with Crippen molar-refractivity contribution in [2.75, 3.05) is 24.6 Å². The second-order valence-corrected chi connectivity index (χ2v) is 7.03. The number of benzene rings is 1. The van der Waals surface area contributed by atoms with Gasteiger partial charge < -0.3 is 9.64 Å². The summed E-state index contributed by atoms with van der Waals surface area (Å²) in [5, 5.41) is 0.659. The number of aryl methyl sites for hydroxylation is 1. The maximum atomic E-state index is 12.6. The normalized spacial score (nSPS) is 15.3. The number of hydrogen-bond acceptors (Lipinski definition) is 6. The molecule has 27 heavy (non-hydrogen) atoms.